The number of hydrogen-bond acceptors (Lipinski definition) is 6. The summed E-state index contributed by atoms with van der Waals surface area (Å²) in [5, 5.41) is 7.66. The minimum absolute atomic E-state index is 0.0281. The number of carbonyl (C=O) groups is 1. The Balaban J connectivity index is 1.32. The fraction of sp³-hybridized carbons (Fsp3) is 0.333. The molecule has 2 aliphatic rings. The van der Waals surface area contributed by atoms with Crippen molar-refractivity contribution in [2.24, 2.45) is 5.92 Å². The maximum atomic E-state index is 14.7. The fourth-order valence-corrected chi connectivity index (χ4v) is 5.35. The topological polar surface area (TPSA) is 78.7 Å². The maximum absolute atomic E-state index is 14.7. The summed E-state index contributed by atoms with van der Waals surface area (Å²) >= 11 is 0. The third kappa shape index (κ3) is 4.31. The molecule has 0 radical (unpaired) electrons. The van der Waals surface area contributed by atoms with E-state index >= 15 is 0 Å². The van der Waals surface area contributed by atoms with Crippen LogP contribution in [0.2, 0.25) is 0 Å². The molecule has 1 N–H and O–H groups in total. The van der Waals surface area contributed by atoms with Crippen LogP contribution >= 0.6 is 0 Å². The molecule has 6 rings (SSSR count). The van der Waals surface area contributed by atoms with Gasteiger partial charge in [0.15, 0.2) is 5.65 Å². The van der Waals surface area contributed by atoms with Crippen molar-refractivity contribution in [3.05, 3.63) is 77.8 Å². The number of hydrogen-bond donors (Lipinski definition) is 1. The van der Waals surface area contributed by atoms with Gasteiger partial charge < -0.3 is 15.1 Å². The molecule has 0 unspecified atom stereocenters. The summed E-state index contributed by atoms with van der Waals surface area (Å²) in [7, 11) is 0. The highest BCUT2D eigenvalue weighted by Gasteiger charge is 2.35. The van der Waals surface area contributed by atoms with Crippen molar-refractivity contribution in [2.75, 3.05) is 37.6 Å². The van der Waals surface area contributed by atoms with E-state index in [0.29, 0.717) is 47.9 Å². The SMILES string of the molecule is C[C@@H]1CCN(c2ccn3ncc(-c4ccc(C(=O)N5CCNCC5)cn4)c3n2)[C@H]1c1cc(F)ccc1F. The first kappa shape index (κ1) is 23.5. The summed E-state index contributed by atoms with van der Waals surface area (Å²) in [6.07, 6.45) is 5.94. The molecular formula is C27H27F2N7O. The standard InChI is InChI=1S/C27H27F2N7O/c1-17-6-10-35(25(17)20-14-19(28)3-4-22(20)29)24-7-11-36-26(33-24)21(16-32-36)23-5-2-18(15-31-23)27(37)34-12-8-30-9-13-34/h2-5,7,11,14-17,25,30H,6,8-10,12-13H2,1H3/t17-,25-/m1/s1. The number of rotatable bonds is 4. The van der Waals surface area contributed by atoms with E-state index < -0.39 is 11.6 Å². The Morgan fingerprint density at radius 1 is 1.05 bits per heavy atom. The van der Waals surface area contributed by atoms with E-state index in [2.05, 4.69) is 15.4 Å². The van der Waals surface area contributed by atoms with Gasteiger partial charge in [-0.1, -0.05) is 6.92 Å². The van der Waals surface area contributed by atoms with Gasteiger partial charge in [-0.2, -0.15) is 5.10 Å². The summed E-state index contributed by atoms with van der Waals surface area (Å²) < 4.78 is 30.4. The molecule has 10 heteroatoms. The fourth-order valence-electron chi connectivity index (χ4n) is 5.35. The van der Waals surface area contributed by atoms with E-state index in [0.717, 1.165) is 31.1 Å². The smallest absolute Gasteiger partial charge is 0.255 e. The summed E-state index contributed by atoms with van der Waals surface area (Å²) in [4.78, 5) is 26.1. The average molecular weight is 504 g/mol. The van der Waals surface area contributed by atoms with E-state index in [1.807, 2.05) is 35.1 Å². The highest BCUT2D eigenvalue weighted by atomic mass is 19.1. The molecule has 2 saturated heterocycles. The van der Waals surface area contributed by atoms with Gasteiger partial charge in [-0.3, -0.25) is 9.78 Å². The first-order valence-corrected chi connectivity index (χ1v) is 12.5. The van der Waals surface area contributed by atoms with E-state index in [1.165, 1.54) is 12.1 Å². The van der Waals surface area contributed by atoms with E-state index in [4.69, 9.17) is 4.98 Å². The van der Waals surface area contributed by atoms with Crippen LogP contribution in [0.3, 0.4) is 0 Å². The number of pyridine rings is 1. The van der Waals surface area contributed by atoms with Crippen molar-refractivity contribution >= 4 is 17.4 Å². The van der Waals surface area contributed by atoms with Gasteiger partial charge in [0, 0.05) is 50.7 Å². The minimum Gasteiger partial charge on any atom is -0.349 e. The molecule has 4 aromatic rings. The van der Waals surface area contributed by atoms with Crippen LogP contribution in [0, 0.1) is 17.6 Å². The molecule has 8 nitrogen and oxygen atoms in total. The summed E-state index contributed by atoms with van der Waals surface area (Å²) in [5.74, 6) is -0.115. The third-order valence-electron chi connectivity index (χ3n) is 7.32. The van der Waals surface area contributed by atoms with Gasteiger partial charge in [0.05, 0.1) is 29.1 Å². The highest BCUT2D eigenvalue weighted by molar-refractivity contribution is 5.94. The lowest BCUT2D eigenvalue weighted by atomic mass is 9.95. The number of anilines is 1. The van der Waals surface area contributed by atoms with Gasteiger partial charge in [0.2, 0.25) is 0 Å². The summed E-state index contributed by atoms with van der Waals surface area (Å²) in [5.41, 5.74) is 2.86. The zero-order valence-corrected chi connectivity index (χ0v) is 20.4. The van der Waals surface area contributed by atoms with Crippen molar-refractivity contribution in [3.63, 3.8) is 0 Å². The monoisotopic (exact) mass is 503 g/mol. The Bertz CT molecular complexity index is 1450. The Morgan fingerprint density at radius 2 is 1.89 bits per heavy atom. The van der Waals surface area contributed by atoms with Crippen molar-refractivity contribution in [2.45, 2.75) is 19.4 Å². The number of nitrogens with zero attached hydrogens (tertiary/aromatic N) is 6. The molecule has 2 atom stereocenters. The van der Waals surface area contributed by atoms with Gasteiger partial charge >= 0.3 is 0 Å². The lowest BCUT2D eigenvalue weighted by Gasteiger charge is -2.28. The zero-order chi connectivity index (χ0) is 25.5. The van der Waals surface area contributed by atoms with Gasteiger partial charge in [0.25, 0.3) is 5.91 Å². The lowest BCUT2D eigenvalue weighted by Crippen LogP contribution is -2.46. The number of carbonyl (C=O) groups excluding carboxylic acids is 1. The van der Waals surface area contributed by atoms with Crippen LogP contribution in [0.5, 0.6) is 0 Å². The number of halogens is 2. The molecule has 0 bridgehead atoms. The number of piperazine rings is 1. The van der Waals surface area contributed by atoms with Gasteiger partial charge in [0.1, 0.15) is 17.5 Å². The number of amides is 1. The molecule has 5 heterocycles. The van der Waals surface area contributed by atoms with Crippen molar-refractivity contribution in [1.82, 2.24) is 29.8 Å². The number of fused-ring (bicyclic) bond motifs is 1. The van der Waals surface area contributed by atoms with Gasteiger partial charge in [-0.25, -0.2) is 18.3 Å². The predicted octanol–water partition coefficient (Wildman–Crippen LogP) is 3.70. The normalized spacial score (nSPS) is 20.1. The summed E-state index contributed by atoms with van der Waals surface area (Å²) in [6.45, 7) is 5.65. The molecule has 1 aromatic carbocycles. The quantitative estimate of drug-likeness (QED) is 0.458. The van der Waals surface area contributed by atoms with Crippen LogP contribution < -0.4 is 10.2 Å². The first-order valence-electron chi connectivity index (χ1n) is 12.5. The van der Waals surface area contributed by atoms with Crippen LogP contribution in [0.1, 0.15) is 35.3 Å². The molecule has 0 saturated carbocycles. The summed E-state index contributed by atoms with van der Waals surface area (Å²) in [6, 6.07) is 8.71. The maximum Gasteiger partial charge on any atom is 0.255 e. The molecule has 1 amide bonds. The van der Waals surface area contributed by atoms with E-state index in [9.17, 15) is 13.6 Å². The lowest BCUT2D eigenvalue weighted by molar-refractivity contribution is 0.0735. The van der Waals surface area contributed by atoms with Crippen LogP contribution in [-0.4, -0.2) is 63.1 Å². The Morgan fingerprint density at radius 3 is 2.68 bits per heavy atom. The number of benzene rings is 1. The molecular weight excluding hydrogens is 476 g/mol. The predicted molar refractivity (Wildman–Crippen MR) is 135 cm³/mol. The molecule has 3 aromatic heterocycles. The largest absolute Gasteiger partial charge is 0.349 e. The Kier molecular flexibility index (Phi) is 6.03. The van der Waals surface area contributed by atoms with E-state index in [1.54, 1.807) is 23.0 Å². The number of aromatic nitrogens is 4. The minimum atomic E-state index is -0.457. The number of nitrogens with one attached hydrogen (secondary N) is 1. The van der Waals surface area contributed by atoms with Crippen LogP contribution in [0.25, 0.3) is 16.9 Å². The van der Waals surface area contributed by atoms with Gasteiger partial charge in [-0.15, -0.1) is 0 Å². The Hall–Kier alpha value is -3.92. The molecule has 2 aliphatic heterocycles. The Labute approximate surface area is 212 Å². The molecule has 2 fully saturated rings. The van der Waals surface area contributed by atoms with Crippen molar-refractivity contribution in [3.8, 4) is 11.3 Å². The molecule has 0 spiro atoms. The van der Waals surface area contributed by atoms with Crippen LogP contribution in [-0.2, 0) is 0 Å². The van der Waals surface area contributed by atoms with Crippen LogP contribution in [0.15, 0.2) is 55.0 Å². The second kappa shape index (κ2) is 9.51. The van der Waals surface area contributed by atoms with Crippen molar-refractivity contribution < 1.29 is 13.6 Å². The van der Waals surface area contributed by atoms with Crippen LogP contribution in [0.4, 0.5) is 14.6 Å². The van der Waals surface area contributed by atoms with E-state index in [-0.39, 0.29) is 17.9 Å². The second-order valence-electron chi connectivity index (χ2n) is 9.66. The molecule has 0 aliphatic carbocycles. The third-order valence-corrected chi connectivity index (χ3v) is 7.32. The van der Waals surface area contributed by atoms with Gasteiger partial charge in [-0.05, 0) is 48.7 Å². The molecule has 37 heavy (non-hydrogen) atoms. The zero-order valence-electron chi connectivity index (χ0n) is 20.4. The second-order valence-corrected chi connectivity index (χ2v) is 9.66. The molecule has 190 valence electrons. The highest BCUT2D eigenvalue weighted by Crippen LogP contribution is 2.41. The first-order chi connectivity index (χ1) is 18.0. The average Bonchev–Trinajstić information content (AvgIpc) is 3.53. The van der Waals surface area contributed by atoms with Crippen molar-refractivity contribution in [1.29, 1.82) is 0 Å².